The molecule has 0 aliphatic heterocycles. The van der Waals surface area contributed by atoms with Crippen LogP contribution < -0.4 is 10.6 Å². The van der Waals surface area contributed by atoms with Crippen LogP contribution in [0.3, 0.4) is 0 Å². The fraction of sp³-hybridized carbons (Fsp3) is 0.278. The van der Waals surface area contributed by atoms with Crippen LogP contribution in [0.2, 0.25) is 0 Å². The number of nitrogens with one attached hydrogen (secondary N) is 2. The van der Waals surface area contributed by atoms with E-state index >= 15 is 0 Å². The molecule has 0 atom stereocenters. The number of imidazole rings is 1. The number of rotatable bonds is 4. The van der Waals surface area contributed by atoms with Crippen LogP contribution >= 0.6 is 0 Å². The normalized spacial score (nSPS) is 10.8. The van der Waals surface area contributed by atoms with E-state index < -0.39 is 0 Å². The lowest BCUT2D eigenvalue weighted by Crippen LogP contribution is -2.28. The minimum atomic E-state index is -0.245. The van der Waals surface area contributed by atoms with E-state index in [0.717, 1.165) is 28.8 Å². The van der Waals surface area contributed by atoms with Gasteiger partial charge in [-0.2, -0.15) is 0 Å². The van der Waals surface area contributed by atoms with Gasteiger partial charge in [0.15, 0.2) is 0 Å². The summed E-state index contributed by atoms with van der Waals surface area (Å²) in [6.45, 7) is 7.26. The molecular weight excluding hydrogens is 302 g/mol. The van der Waals surface area contributed by atoms with E-state index in [2.05, 4.69) is 38.2 Å². The van der Waals surface area contributed by atoms with Gasteiger partial charge in [0.05, 0.1) is 0 Å². The van der Waals surface area contributed by atoms with Gasteiger partial charge in [0, 0.05) is 36.6 Å². The Morgan fingerprint density at radius 1 is 1.21 bits per heavy atom. The van der Waals surface area contributed by atoms with E-state index in [1.807, 2.05) is 44.4 Å². The first-order valence-electron chi connectivity index (χ1n) is 7.99. The molecule has 3 aromatic rings. The molecule has 0 aliphatic rings. The zero-order valence-electron chi connectivity index (χ0n) is 14.1. The van der Waals surface area contributed by atoms with Crippen molar-refractivity contribution in [2.24, 2.45) is 0 Å². The third-order valence-corrected chi connectivity index (χ3v) is 4.02. The van der Waals surface area contributed by atoms with E-state index in [1.165, 1.54) is 5.56 Å². The van der Waals surface area contributed by atoms with Crippen molar-refractivity contribution >= 4 is 22.6 Å². The summed E-state index contributed by atoms with van der Waals surface area (Å²) in [6.07, 6.45) is 3.70. The number of pyridine rings is 1. The fourth-order valence-corrected chi connectivity index (χ4v) is 2.75. The average molecular weight is 323 g/mol. The molecule has 2 amide bonds. The molecule has 0 bridgehead atoms. The second-order valence-electron chi connectivity index (χ2n) is 5.73. The Morgan fingerprint density at radius 2 is 2.04 bits per heavy atom. The molecule has 0 aliphatic carbocycles. The minimum absolute atomic E-state index is 0.245. The molecule has 1 aromatic carbocycles. The highest BCUT2D eigenvalue weighted by Crippen LogP contribution is 2.22. The Labute approximate surface area is 140 Å². The third-order valence-electron chi connectivity index (χ3n) is 4.02. The van der Waals surface area contributed by atoms with Gasteiger partial charge < -0.3 is 9.88 Å². The van der Waals surface area contributed by atoms with Gasteiger partial charge in [0.25, 0.3) is 0 Å². The van der Waals surface area contributed by atoms with E-state index in [1.54, 1.807) is 0 Å². The highest BCUT2D eigenvalue weighted by Gasteiger charge is 2.08. The molecule has 2 N–H and O–H groups in total. The number of benzene rings is 1. The number of aromatic nitrogens is 3. The van der Waals surface area contributed by atoms with Crippen molar-refractivity contribution in [3.05, 3.63) is 53.7 Å². The number of fused-ring (bicyclic) bond motifs is 1. The summed E-state index contributed by atoms with van der Waals surface area (Å²) < 4.78 is 2.18. The molecule has 0 radical (unpaired) electrons. The smallest absolute Gasteiger partial charge is 0.320 e. The molecule has 2 heterocycles. The molecule has 0 saturated carbocycles. The molecule has 0 saturated heterocycles. The maximum Gasteiger partial charge on any atom is 0.320 e. The first-order chi connectivity index (χ1) is 11.6. The van der Waals surface area contributed by atoms with Gasteiger partial charge in [0.2, 0.25) is 0 Å². The van der Waals surface area contributed by atoms with Crippen LogP contribution in [-0.4, -0.2) is 27.1 Å². The Kier molecular flexibility index (Phi) is 4.46. The highest BCUT2D eigenvalue weighted by molar-refractivity contribution is 5.92. The van der Waals surface area contributed by atoms with Gasteiger partial charge >= 0.3 is 6.03 Å². The van der Waals surface area contributed by atoms with Crippen LogP contribution in [0.15, 0.2) is 36.7 Å². The van der Waals surface area contributed by atoms with Crippen molar-refractivity contribution in [3.63, 3.8) is 0 Å². The zero-order chi connectivity index (χ0) is 17.1. The molecule has 2 aromatic heterocycles. The lowest BCUT2D eigenvalue weighted by Gasteiger charge is -2.12. The van der Waals surface area contributed by atoms with Crippen LogP contribution in [-0.2, 0) is 6.54 Å². The Bertz CT molecular complexity index is 865. The molecule has 124 valence electrons. The van der Waals surface area contributed by atoms with Gasteiger partial charge in [-0.1, -0.05) is 18.2 Å². The standard InChI is InChI=1S/C18H21N5O/c1-4-19-18(24)22-17-8-14-6-5-7-15(16(14)10-21-17)11-23-12(2)9-20-13(23)3/h5-10H,4,11H2,1-3H3,(H2,19,21,22,24). The predicted molar refractivity (Wildman–Crippen MR) is 95.2 cm³/mol. The lowest BCUT2D eigenvalue weighted by atomic mass is 10.1. The topological polar surface area (TPSA) is 71.8 Å². The lowest BCUT2D eigenvalue weighted by molar-refractivity contribution is 0.252. The van der Waals surface area contributed by atoms with Crippen molar-refractivity contribution in [2.45, 2.75) is 27.3 Å². The Hall–Kier alpha value is -2.89. The van der Waals surface area contributed by atoms with Gasteiger partial charge in [-0.15, -0.1) is 0 Å². The number of carbonyl (C=O) groups is 1. The number of nitrogens with zero attached hydrogens (tertiary/aromatic N) is 3. The van der Waals surface area contributed by atoms with E-state index in [4.69, 9.17) is 0 Å². The molecule has 0 fully saturated rings. The monoisotopic (exact) mass is 323 g/mol. The molecule has 3 rings (SSSR count). The van der Waals surface area contributed by atoms with Gasteiger partial charge in [-0.05, 0) is 37.8 Å². The summed E-state index contributed by atoms with van der Waals surface area (Å²) in [6, 6.07) is 7.79. The van der Waals surface area contributed by atoms with Crippen molar-refractivity contribution < 1.29 is 4.79 Å². The summed E-state index contributed by atoms with van der Waals surface area (Å²) in [5.74, 6) is 1.53. The van der Waals surface area contributed by atoms with Crippen LogP contribution in [0, 0.1) is 13.8 Å². The number of carbonyl (C=O) groups excluding carboxylic acids is 1. The molecule has 6 heteroatoms. The van der Waals surface area contributed by atoms with Crippen molar-refractivity contribution in [1.29, 1.82) is 0 Å². The van der Waals surface area contributed by atoms with Crippen LogP contribution in [0.25, 0.3) is 10.8 Å². The van der Waals surface area contributed by atoms with Crippen LogP contribution in [0.1, 0.15) is 24.0 Å². The number of amides is 2. The second kappa shape index (κ2) is 6.70. The number of hydrogen-bond donors (Lipinski definition) is 2. The van der Waals surface area contributed by atoms with Crippen LogP contribution in [0.5, 0.6) is 0 Å². The van der Waals surface area contributed by atoms with E-state index in [-0.39, 0.29) is 6.03 Å². The number of urea groups is 1. The summed E-state index contributed by atoms with van der Waals surface area (Å²) in [4.78, 5) is 20.3. The summed E-state index contributed by atoms with van der Waals surface area (Å²) >= 11 is 0. The number of hydrogen-bond acceptors (Lipinski definition) is 3. The molecule has 0 spiro atoms. The second-order valence-corrected chi connectivity index (χ2v) is 5.73. The first-order valence-corrected chi connectivity index (χ1v) is 7.99. The predicted octanol–water partition coefficient (Wildman–Crippen LogP) is 3.24. The Morgan fingerprint density at radius 3 is 2.75 bits per heavy atom. The zero-order valence-corrected chi connectivity index (χ0v) is 14.1. The SMILES string of the molecule is CCNC(=O)Nc1cc2cccc(Cn3c(C)cnc3C)c2cn1. The maximum absolute atomic E-state index is 11.6. The fourth-order valence-electron chi connectivity index (χ4n) is 2.75. The average Bonchev–Trinajstić information content (AvgIpc) is 2.87. The summed E-state index contributed by atoms with van der Waals surface area (Å²) in [7, 11) is 0. The van der Waals surface area contributed by atoms with Crippen LogP contribution in [0.4, 0.5) is 10.6 Å². The number of aryl methyl sites for hydroxylation is 2. The van der Waals surface area contributed by atoms with Crippen molar-refractivity contribution in [3.8, 4) is 0 Å². The first kappa shape index (κ1) is 16.0. The summed E-state index contributed by atoms with van der Waals surface area (Å²) in [5.41, 5.74) is 2.31. The van der Waals surface area contributed by atoms with Gasteiger partial charge in [0.1, 0.15) is 11.6 Å². The quantitative estimate of drug-likeness (QED) is 0.774. The molecule has 0 unspecified atom stereocenters. The number of anilines is 1. The molecule has 6 nitrogen and oxygen atoms in total. The largest absolute Gasteiger partial charge is 0.338 e. The van der Waals surface area contributed by atoms with Gasteiger partial charge in [-0.25, -0.2) is 14.8 Å². The van der Waals surface area contributed by atoms with Gasteiger partial charge in [-0.3, -0.25) is 5.32 Å². The Balaban J connectivity index is 1.92. The highest BCUT2D eigenvalue weighted by atomic mass is 16.2. The molecular formula is C18H21N5O. The minimum Gasteiger partial charge on any atom is -0.338 e. The third kappa shape index (κ3) is 3.22. The van der Waals surface area contributed by atoms with Crippen molar-refractivity contribution in [1.82, 2.24) is 19.9 Å². The molecule has 24 heavy (non-hydrogen) atoms. The van der Waals surface area contributed by atoms with E-state index in [0.29, 0.717) is 12.4 Å². The van der Waals surface area contributed by atoms with E-state index in [9.17, 15) is 4.79 Å². The summed E-state index contributed by atoms with van der Waals surface area (Å²) in [5, 5.41) is 7.56. The van der Waals surface area contributed by atoms with Crippen molar-refractivity contribution in [2.75, 3.05) is 11.9 Å². The maximum atomic E-state index is 11.6.